The van der Waals surface area contributed by atoms with Gasteiger partial charge in [-0.05, 0) is 57.6 Å². The first-order valence-electron chi connectivity index (χ1n) is 8.64. The third-order valence-electron chi connectivity index (χ3n) is 4.72. The maximum atomic E-state index is 13.2. The quantitative estimate of drug-likeness (QED) is 0.816. The van der Waals surface area contributed by atoms with E-state index in [2.05, 4.69) is 15.0 Å². The first kappa shape index (κ1) is 18.1. The number of halogens is 1. The fraction of sp³-hybridized carbons (Fsp3) is 0.588. The van der Waals surface area contributed by atoms with Crippen molar-refractivity contribution in [1.29, 1.82) is 0 Å². The van der Waals surface area contributed by atoms with Crippen LogP contribution < -0.4 is 10.0 Å². The van der Waals surface area contributed by atoms with E-state index >= 15 is 0 Å². The van der Waals surface area contributed by atoms with Crippen molar-refractivity contribution in [3.8, 4) is 0 Å². The summed E-state index contributed by atoms with van der Waals surface area (Å²) < 4.78 is 45.1. The average molecular weight is 369 g/mol. The molecule has 0 aliphatic heterocycles. The molecule has 1 aliphatic carbocycles. The van der Waals surface area contributed by atoms with E-state index in [4.69, 9.17) is 4.42 Å². The van der Waals surface area contributed by atoms with Gasteiger partial charge >= 0.3 is 0 Å². The minimum absolute atomic E-state index is 0.232. The van der Waals surface area contributed by atoms with Crippen molar-refractivity contribution in [3.05, 3.63) is 24.0 Å². The zero-order valence-corrected chi connectivity index (χ0v) is 15.3. The highest BCUT2D eigenvalue weighted by Gasteiger charge is 2.24. The summed E-state index contributed by atoms with van der Waals surface area (Å²) in [6.07, 6.45) is 3.71. The van der Waals surface area contributed by atoms with Crippen molar-refractivity contribution in [3.63, 3.8) is 0 Å². The van der Waals surface area contributed by atoms with Crippen molar-refractivity contribution in [2.24, 2.45) is 5.92 Å². The topological polar surface area (TPSA) is 84.2 Å². The molecule has 0 unspecified atom stereocenters. The molecule has 0 bridgehead atoms. The lowest BCUT2D eigenvalue weighted by molar-refractivity contribution is 0.334. The Balaban J connectivity index is 1.50. The van der Waals surface area contributed by atoms with Gasteiger partial charge in [-0.3, -0.25) is 0 Å². The molecule has 138 valence electrons. The van der Waals surface area contributed by atoms with Gasteiger partial charge in [0.2, 0.25) is 10.0 Å². The molecular weight excluding hydrogens is 345 g/mol. The first-order chi connectivity index (χ1) is 11.8. The van der Waals surface area contributed by atoms with E-state index in [9.17, 15) is 12.8 Å². The molecule has 0 atom stereocenters. The first-order valence-corrected chi connectivity index (χ1v) is 10.2. The molecule has 1 aromatic carbocycles. The van der Waals surface area contributed by atoms with Crippen molar-refractivity contribution in [1.82, 2.24) is 9.71 Å². The standard InChI is InChI=1S/C17H24FN3O3S/c1-11(2)25(22,23)19-10-12-3-6-14(7-4-12)20-17-21-15-9-13(18)5-8-16(15)24-17/h5,8-9,11-12,14,19H,3-4,6-7,10H2,1-2H3,(H,20,21). The van der Waals surface area contributed by atoms with Crippen LogP contribution in [0.1, 0.15) is 39.5 Å². The smallest absolute Gasteiger partial charge is 0.295 e. The van der Waals surface area contributed by atoms with Crippen molar-refractivity contribution in [2.45, 2.75) is 50.8 Å². The van der Waals surface area contributed by atoms with Crippen LogP contribution in [0.4, 0.5) is 10.4 Å². The van der Waals surface area contributed by atoms with E-state index in [0.29, 0.717) is 29.6 Å². The van der Waals surface area contributed by atoms with Gasteiger partial charge in [0.1, 0.15) is 11.3 Å². The van der Waals surface area contributed by atoms with Gasteiger partial charge in [0.25, 0.3) is 6.01 Å². The van der Waals surface area contributed by atoms with E-state index in [1.165, 1.54) is 12.1 Å². The van der Waals surface area contributed by atoms with E-state index in [1.807, 2.05) is 0 Å². The Morgan fingerprint density at radius 2 is 2.00 bits per heavy atom. The molecule has 0 spiro atoms. The lowest BCUT2D eigenvalue weighted by Crippen LogP contribution is -2.37. The van der Waals surface area contributed by atoms with Crippen LogP contribution >= 0.6 is 0 Å². The highest BCUT2D eigenvalue weighted by molar-refractivity contribution is 7.90. The largest absolute Gasteiger partial charge is 0.424 e. The van der Waals surface area contributed by atoms with Gasteiger partial charge in [-0.1, -0.05) is 0 Å². The normalized spacial score (nSPS) is 21.8. The Hall–Kier alpha value is -1.67. The monoisotopic (exact) mass is 369 g/mol. The second-order valence-electron chi connectivity index (χ2n) is 6.94. The van der Waals surface area contributed by atoms with Crippen LogP contribution in [0.25, 0.3) is 11.1 Å². The molecule has 6 nitrogen and oxygen atoms in total. The molecule has 3 rings (SSSR count). The number of oxazole rings is 1. The number of nitrogens with one attached hydrogen (secondary N) is 2. The zero-order valence-electron chi connectivity index (χ0n) is 14.5. The number of fused-ring (bicyclic) bond motifs is 1. The van der Waals surface area contributed by atoms with Gasteiger partial charge in [-0.15, -0.1) is 0 Å². The van der Waals surface area contributed by atoms with Crippen LogP contribution in [0.5, 0.6) is 0 Å². The molecule has 1 fully saturated rings. The molecule has 1 saturated carbocycles. The molecule has 25 heavy (non-hydrogen) atoms. The minimum Gasteiger partial charge on any atom is -0.424 e. The molecule has 0 saturated heterocycles. The van der Waals surface area contributed by atoms with E-state index in [0.717, 1.165) is 25.7 Å². The van der Waals surface area contributed by atoms with Crippen LogP contribution in [0.2, 0.25) is 0 Å². The van der Waals surface area contributed by atoms with E-state index < -0.39 is 15.3 Å². The number of hydrogen-bond acceptors (Lipinski definition) is 5. The van der Waals surface area contributed by atoms with Crippen LogP contribution in [0, 0.1) is 11.7 Å². The second-order valence-corrected chi connectivity index (χ2v) is 9.26. The van der Waals surface area contributed by atoms with Gasteiger partial charge in [0.15, 0.2) is 5.58 Å². The molecule has 2 N–H and O–H groups in total. The molecular formula is C17H24FN3O3S. The summed E-state index contributed by atoms with van der Waals surface area (Å²) in [7, 11) is -3.20. The van der Waals surface area contributed by atoms with Gasteiger partial charge in [0, 0.05) is 18.7 Å². The molecule has 8 heteroatoms. The predicted octanol–water partition coefficient (Wildman–Crippen LogP) is 3.27. The number of anilines is 1. The van der Waals surface area contributed by atoms with Gasteiger partial charge in [0.05, 0.1) is 5.25 Å². The summed E-state index contributed by atoms with van der Waals surface area (Å²) in [4.78, 5) is 4.27. The number of benzene rings is 1. The number of aromatic nitrogens is 1. The van der Waals surface area contributed by atoms with Crippen molar-refractivity contribution < 1.29 is 17.2 Å². The average Bonchev–Trinajstić information content (AvgIpc) is 2.95. The second kappa shape index (κ2) is 7.29. The molecule has 1 heterocycles. The Kier molecular flexibility index (Phi) is 5.29. The SMILES string of the molecule is CC(C)S(=O)(=O)NCC1CCC(Nc2nc3cc(F)ccc3o2)CC1. The lowest BCUT2D eigenvalue weighted by Gasteiger charge is -2.28. The number of sulfonamides is 1. The van der Waals surface area contributed by atoms with Crippen LogP contribution in [-0.2, 0) is 10.0 Å². The fourth-order valence-electron chi connectivity index (χ4n) is 3.05. The Bertz CT molecular complexity index is 827. The zero-order chi connectivity index (χ0) is 18.0. The Morgan fingerprint density at radius 3 is 2.68 bits per heavy atom. The predicted molar refractivity (Wildman–Crippen MR) is 95.4 cm³/mol. The fourth-order valence-corrected chi connectivity index (χ4v) is 3.85. The summed E-state index contributed by atoms with van der Waals surface area (Å²) in [5, 5.41) is 2.85. The van der Waals surface area contributed by atoms with Crippen molar-refractivity contribution >= 4 is 27.1 Å². The summed E-state index contributed by atoms with van der Waals surface area (Å²) in [6, 6.07) is 4.91. The summed E-state index contributed by atoms with van der Waals surface area (Å²) in [6.45, 7) is 3.85. The molecule has 1 aromatic heterocycles. The van der Waals surface area contributed by atoms with Gasteiger partial charge < -0.3 is 9.73 Å². The number of rotatable bonds is 6. The third kappa shape index (κ3) is 4.49. The van der Waals surface area contributed by atoms with Crippen LogP contribution in [-0.4, -0.2) is 31.2 Å². The summed E-state index contributed by atoms with van der Waals surface area (Å²) >= 11 is 0. The summed E-state index contributed by atoms with van der Waals surface area (Å²) in [5.41, 5.74) is 1.06. The van der Waals surface area contributed by atoms with Gasteiger partial charge in [-0.2, -0.15) is 4.98 Å². The van der Waals surface area contributed by atoms with Crippen molar-refractivity contribution in [2.75, 3.05) is 11.9 Å². The van der Waals surface area contributed by atoms with Crippen LogP contribution in [0.15, 0.2) is 22.6 Å². The highest BCUT2D eigenvalue weighted by atomic mass is 32.2. The molecule has 0 radical (unpaired) electrons. The number of nitrogens with zero attached hydrogens (tertiary/aromatic N) is 1. The Morgan fingerprint density at radius 1 is 1.28 bits per heavy atom. The molecule has 2 aromatic rings. The van der Waals surface area contributed by atoms with E-state index in [-0.39, 0.29) is 11.9 Å². The Labute approximate surface area is 147 Å². The van der Waals surface area contributed by atoms with Crippen LogP contribution in [0.3, 0.4) is 0 Å². The molecule has 0 amide bonds. The van der Waals surface area contributed by atoms with Gasteiger partial charge in [-0.25, -0.2) is 17.5 Å². The third-order valence-corrected chi connectivity index (χ3v) is 6.53. The number of hydrogen-bond donors (Lipinski definition) is 2. The summed E-state index contributed by atoms with van der Waals surface area (Å²) in [5.74, 6) is 0.0148. The maximum Gasteiger partial charge on any atom is 0.295 e. The lowest BCUT2D eigenvalue weighted by atomic mass is 9.86. The van der Waals surface area contributed by atoms with E-state index in [1.54, 1.807) is 19.9 Å². The molecule has 1 aliphatic rings. The highest BCUT2D eigenvalue weighted by Crippen LogP contribution is 2.27. The minimum atomic E-state index is -3.20. The maximum absolute atomic E-state index is 13.2.